The first kappa shape index (κ1) is 18.2. The minimum absolute atomic E-state index is 0.111. The number of hydrogen-bond acceptors (Lipinski definition) is 3. The van der Waals surface area contributed by atoms with Crippen LogP contribution in [-0.2, 0) is 13.0 Å². The average Bonchev–Trinajstić information content (AvgIpc) is 2.78. The Hall–Kier alpha value is -3.80. The molecule has 0 fully saturated rings. The molecule has 0 aliphatic carbocycles. The Labute approximate surface area is 171 Å². The zero-order valence-corrected chi connectivity index (χ0v) is 16.1. The number of aromatic amines is 1. The third-order valence-electron chi connectivity index (χ3n) is 5.45. The Balaban J connectivity index is 1.44. The number of carbonyl (C=O) groups is 1. The first-order valence-electron chi connectivity index (χ1n) is 9.74. The van der Waals surface area contributed by atoms with Crippen molar-refractivity contribution in [1.29, 1.82) is 0 Å². The van der Waals surface area contributed by atoms with Gasteiger partial charge < -0.3 is 9.88 Å². The molecule has 0 spiro atoms. The van der Waals surface area contributed by atoms with Crippen molar-refractivity contribution in [3.05, 3.63) is 99.7 Å². The smallest absolute Gasteiger partial charge is 0.256 e. The van der Waals surface area contributed by atoms with E-state index in [-0.39, 0.29) is 23.8 Å². The summed E-state index contributed by atoms with van der Waals surface area (Å²) in [6.07, 6.45) is 0.473. The number of nitrogens with one attached hydrogen (secondary N) is 1. The highest BCUT2D eigenvalue weighted by molar-refractivity contribution is 5.98. The van der Waals surface area contributed by atoms with E-state index in [0.717, 1.165) is 10.8 Å². The lowest BCUT2D eigenvalue weighted by molar-refractivity contribution is 0.0733. The van der Waals surface area contributed by atoms with Gasteiger partial charge in [0.1, 0.15) is 11.6 Å². The normalized spacial score (nSPS) is 13.3. The molecule has 5 nitrogen and oxygen atoms in total. The summed E-state index contributed by atoms with van der Waals surface area (Å²) in [6.45, 7) is 0.671. The summed E-state index contributed by atoms with van der Waals surface area (Å²) in [6, 6.07) is 19.5. The van der Waals surface area contributed by atoms with Gasteiger partial charge in [0.05, 0.1) is 17.8 Å². The third-order valence-corrected chi connectivity index (χ3v) is 5.45. The Morgan fingerprint density at radius 3 is 2.67 bits per heavy atom. The van der Waals surface area contributed by atoms with Crippen LogP contribution in [0.25, 0.3) is 22.2 Å². The number of amides is 1. The first-order valence-corrected chi connectivity index (χ1v) is 9.74. The van der Waals surface area contributed by atoms with E-state index in [0.29, 0.717) is 41.2 Å². The highest BCUT2D eigenvalue weighted by atomic mass is 19.1. The number of hydrogen-bond donors (Lipinski definition) is 1. The maximum Gasteiger partial charge on any atom is 0.256 e. The van der Waals surface area contributed by atoms with Crippen molar-refractivity contribution in [2.75, 3.05) is 6.54 Å². The van der Waals surface area contributed by atoms with E-state index in [9.17, 15) is 14.0 Å². The van der Waals surface area contributed by atoms with Crippen LogP contribution in [0.4, 0.5) is 4.39 Å². The fraction of sp³-hybridized carbons (Fsp3) is 0.125. The molecular formula is C24H18FN3O2. The van der Waals surface area contributed by atoms with Crippen LogP contribution in [-0.4, -0.2) is 27.3 Å². The van der Waals surface area contributed by atoms with Crippen LogP contribution in [0.5, 0.6) is 0 Å². The quantitative estimate of drug-likeness (QED) is 0.556. The minimum Gasteiger partial charge on any atom is -0.334 e. The molecule has 1 amide bonds. The molecule has 5 rings (SSSR count). The van der Waals surface area contributed by atoms with E-state index in [4.69, 9.17) is 0 Å². The molecule has 1 N–H and O–H groups in total. The Kier molecular flexibility index (Phi) is 4.39. The highest BCUT2D eigenvalue weighted by Gasteiger charge is 2.25. The lowest BCUT2D eigenvalue weighted by Gasteiger charge is -2.28. The van der Waals surface area contributed by atoms with Crippen LogP contribution in [0, 0.1) is 5.82 Å². The molecule has 1 aliphatic rings. The second kappa shape index (κ2) is 7.22. The van der Waals surface area contributed by atoms with Gasteiger partial charge in [0.25, 0.3) is 11.5 Å². The molecule has 148 valence electrons. The molecule has 0 bridgehead atoms. The molecule has 0 saturated carbocycles. The Morgan fingerprint density at radius 2 is 1.83 bits per heavy atom. The summed E-state index contributed by atoms with van der Waals surface area (Å²) in [7, 11) is 0. The van der Waals surface area contributed by atoms with Gasteiger partial charge in [-0.05, 0) is 35.0 Å². The topological polar surface area (TPSA) is 66.1 Å². The van der Waals surface area contributed by atoms with Crippen molar-refractivity contribution in [1.82, 2.24) is 14.9 Å². The van der Waals surface area contributed by atoms with Gasteiger partial charge in [0, 0.05) is 24.1 Å². The summed E-state index contributed by atoms with van der Waals surface area (Å²) < 4.78 is 13.5. The van der Waals surface area contributed by atoms with E-state index in [1.165, 1.54) is 12.1 Å². The first-order chi connectivity index (χ1) is 14.6. The van der Waals surface area contributed by atoms with E-state index in [2.05, 4.69) is 9.97 Å². The summed E-state index contributed by atoms with van der Waals surface area (Å²) in [5.74, 6) is -0.160. The molecule has 0 radical (unpaired) electrons. The molecule has 6 heteroatoms. The van der Waals surface area contributed by atoms with E-state index in [1.54, 1.807) is 17.0 Å². The molecule has 1 aliphatic heterocycles. The monoisotopic (exact) mass is 399 g/mol. The maximum absolute atomic E-state index is 13.5. The van der Waals surface area contributed by atoms with Gasteiger partial charge in [-0.15, -0.1) is 0 Å². The summed E-state index contributed by atoms with van der Waals surface area (Å²) in [5.41, 5.74) is 1.95. The number of fused-ring (bicyclic) bond motifs is 2. The number of aromatic nitrogens is 2. The van der Waals surface area contributed by atoms with Crippen molar-refractivity contribution in [2.24, 2.45) is 0 Å². The predicted molar refractivity (Wildman–Crippen MR) is 113 cm³/mol. The van der Waals surface area contributed by atoms with Gasteiger partial charge in [-0.2, -0.15) is 0 Å². The lowest BCUT2D eigenvalue weighted by atomic mass is 10.0. The van der Waals surface area contributed by atoms with Crippen molar-refractivity contribution in [3.8, 4) is 11.4 Å². The average molecular weight is 399 g/mol. The molecule has 2 heterocycles. The molecule has 1 aromatic heterocycles. The fourth-order valence-electron chi connectivity index (χ4n) is 3.88. The molecule has 4 aromatic rings. The van der Waals surface area contributed by atoms with Crippen molar-refractivity contribution in [3.63, 3.8) is 0 Å². The van der Waals surface area contributed by atoms with Crippen molar-refractivity contribution < 1.29 is 9.18 Å². The van der Waals surface area contributed by atoms with Gasteiger partial charge in [0.15, 0.2) is 0 Å². The number of halogens is 1. The molecule has 0 unspecified atom stereocenters. The Morgan fingerprint density at radius 1 is 1.00 bits per heavy atom. The number of H-pyrrole nitrogens is 1. The van der Waals surface area contributed by atoms with Gasteiger partial charge in [0.2, 0.25) is 0 Å². The van der Waals surface area contributed by atoms with Crippen molar-refractivity contribution >= 4 is 16.7 Å². The van der Waals surface area contributed by atoms with E-state index in [1.807, 2.05) is 42.5 Å². The minimum atomic E-state index is -0.389. The van der Waals surface area contributed by atoms with Crippen LogP contribution >= 0.6 is 0 Å². The van der Waals surface area contributed by atoms with Crippen LogP contribution < -0.4 is 5.56 Å². The molecular weight excluding hydrogens is 381 g/mol. The number of nitrogens with zero attached hydrogens (tertiary/aromatic N) is 2. The van der Waals surface area contributed by atoms with E-state index >= 15 is 0 Å². The maximum atomic E-state index is 13.5. The fourth-order valence-corrected chi connectivity index (χ4v) is 3.88. The number of carbonyl (C=O) groups excluding carboxylic acids is 1. The van der Waals surface area contributed by atoms with Gasteiger partial charge in [-0.25, -0.2) is 9.37 Å². The second-order valence-electron chi connectivity index (χ2n) is 7.39. The zero-order chi connectivity index (χ0) is 20.7. The summed E-state index contributed by atoms with van der Waals surface area (Å²) >= 11 is 0. The van der Waals surface area contributed by atoms with Crippen LogP contribution in [0.3, 0.4) is 0 Å². The predicted octanol–water partition coefficient (Wildman–Crippen LogP) is 3.93. The SMILES string of the molecule is O=C(c1ccc2ccccc2c1)N1CCc2nc(-c3cccc(F)c3)[nH]c(=O)c2C1. The molecule has 0 atom stereocenters. The lowest BCUT2D eigenvalue weighted by Crippen LogP contribution is -2.39. The summed E-state index contributed by atoms with van der Waals surface area (Å²) in [4.78, 5) is 34.7. The van der Waals surface area contributed by atoms with Crippen LogP contribution in [0.2, 0.25) is 0 Å². The number of benzene rings is 3. The zero-order valence-electron chi connectivity index (χ0n) is 16.1. The standard InChI is InChI=1S/C24H18FN3O2/c25-19-7-3-6-17(13-19)22-26-21-10-11-28(14-20(21)23(29)27-22)24(30)18-9-8-15-4-1-2-5-16(15)12-18/h1-9,12-13H,10-11,14H2,(H,26,27,29). The van der Waals surface area contributed by atoms with Crippen molar-refractivity contribution in [2.45, 2.75) is 13.0 Å². The third kappa shape index (κ3) is 3.26. The van der Waals surface area contributed by atoms with Gasteiger partial charge in [-0.3, -0.25) is 9.59 Å². The van der Waals surface area contributed by atoms with Gasteiger partial charge in [-0.1, -0.05) is 42.5 Å². The largest absolute Gasteiger partial charge is 0.334 e. The summed E-state index contributed by atoms with van der Waals surface area (Å²) in [5, 5.41) is 2.07. The molecule has 0 saturated heterocycles. The van der Waals surface area contributed by atoms with Crippen LogP contribution in [0.15, 0.2) is 71.5 Å². The molecule has 30 heavy (non-hydrogen) atoms. The Bertz CT molecular complexity index is 1350. The second-order valence-corrected chi connectivity index (χ2v) is 7.39. The number of rotatable bonds is 2. The van der Waals surface area contributed by atoms with Crippen LogP contribution in [0.1, 0.15) is 21.6 Å². The highest BCUT2D eigenvalue weighted by Crippen LogP contribution is 2.22. The van der Waals surface area contributed by atoms with Gasteiger partial charge >= 0.3 is 0 Å². The molecule has 3 aromatic carbocycles. The van der Waals surface area contributed by atoms with E-state index < -0.39 is 0 Å².